The van der Waals surface area contributed by atoms with Crippen LogP contribution in [0.2, 0.25) is 0 Å². The second-order valence-electron chi connectivity index (χ2n) is 7.82. The Hall–Kier alpha value is -3.51. The van der Waals surface area contributed by atoms with Crippen LogP contribution in [0.5, 0.6) is 11.5 Å². The summed E-state index contributed by atoms with van der Waals surface area (Å²) in [5.41, 5.74) is 3.81. The van der Waals surface area contributed by atoms with E-state index in [0.717, 1.165) is 38.4 Å². The minimum absolute atomic E-state index is 0.187. The molecule has 0 saturated carbocycles. The quantitative estimate of drug-likeness (QED) is 0.605. The summed E-state index contributed by atoms with van der Waals surface area (Å²) in [6.07, 6.45) is 0. The molecule has 166 valence electrons. The van der Waals surface area contributed by atoms with Crippen LogP contribution < -0.4 is 19.7 Å². The van der Waals surface area contributed by atoms with Crippen LogP contribution in [0.25, 0.3) is 0 Å². The number of carbonyl (C=O) groups excluding carboxylic acids is 1. The highest BCUT2D eigenvalue weighted by Gasteiger charge is 2.17. The Morgan fingerprint density at radius 3 is 2.19 bits per heavy atom. The molecule has 3 aromatic rings. The molecule has 0 aromatic heterocycles. The fourth-order valence-corrected chi connectivity index (χ4v) is 3.94. The molecule has 0 spiro atoms. The van der Waals surface area contributed by atoms with Crippen molar-refractivity contribution in [2.45, 2.75) is 6.54 Å². The van der Waals surface area contributed by atoms with Crippen LogP contribution in [0.3, 0.4) is 0 Å². The minimum atomic E-state index is -0.187. The zero-order valence-electron chi connectivity index (χ0n) is 18.6. The van der Waals surface area contributed by atoms with Gasteiger partial charge in [-0.15, -0.1) is 0 Å². The zero-order valence-corrected chi connectivity index (χ0v) is 18.6. The monoisotopic (exact) mass is 431 g/mol. The summed E-state index contributed by atoms with van der Waals surface area (Å²) in [5, 5.41) is 2.95. The van der Waals surface area contributed by atoms with E-state index >= 15 is 0 Å². The summed E-state index contributed by atoms with van der Waals surface area (Å²) in [6, 6.07) is 23.8. The zero-order chi connectivity index (χ0) is 22.3. The molecular weight excluding hydrogens is 402 g/mol. The molecule has 0 radical (unpaired) electrons. The molecule has 3 aromatic carbocycles. The van der Waals surface area contributed by atoms with Crippen molar-refractivity contribution in [1.82, 2.24) is 4.90 Å². The van der Waals surface area contributed by atoms with Crippen LogP contribution in [0.4, 0.5) is 11.4 Å². The highest BCUT2D eigenvalue weighted by atomic mass is 16.5. The smallest absolute Gasteiger partial charge is 0.255 e. The molecule has 1 aliphatic rings. The van der Waals surface area contributed by atoms with E-state index in [-0.39, 0.29) is 5.91 Å². The lowest BCUT2D eigenvalue weighted by Gasteiger charge is -2.36. The predicted octanol–water partition coefficient (Wildman–Crippen LogP) is 4.28. The van der Waals surface area contributed by atoms with Gasteiger partial charge >= 0.3 is 0 Å². The van der Waals surface area contributed by atoms with Gasteiger partial charge in [0.2, 0.25) is 0 Å². The summed E-state index contributed by atoms with van der Waals surface area (Å²) in [6.45, 7) is 5.05. The van der Waals surface area contributed by atoms with Gasteiger partial charge in [0.15, 0.2) is 11.5 Å². The second-order valence-corrected chi connectivity index (χ2v) is 7.82. The van der Waals surface area contributed by atoms with Gasteiger partial charge in [0.1, 0.15) is 0 Å². The predicted molar refractivity (Wildman–Crippen MR) is 128 cm³/mol. The number of hydrogen-bond acceptors (Lipinski definition) is 5. The molecule has 1 fully saturated rings. The lowest BCUT2D eigenvalue weighted by Crippen LogP contribution is -2.45. The normalized spacial score (nSPS) is 14.1. The molecule has 1 heterocycles. The Labute approximate surface area is 189 Å². The van der Waals surface area contributed by atoms with E-state index in [2.05, 4.69) is 57.6 Å². The molecular formula is C26H29N3O3. The van der Waals surface area contributed by atoms with Gasteiger partial charge < -0.3 is 19.7 Å². The molecule has 1 aliphatic heterocycles. The number of anilines is 2. The third-order valence-electron chi connectivity index (χ3n) is 5.76. The Balaban J connectivity index is 1.32. The van der Waals surface area contributed by atoms with E-state index in [1.54, 1.807) is 32.4 Å². The van der Waals surface area contributed by atoms with Crippen molar-refractivity contribution in [3.05, 3.63) is 83.9 Å². The molecule has 0 aliphatic carbocycles. The molecule has 0 unspecified atom stereocenters. The van der Waals surface area contributed by atoms with Gasteiger partial charge in [-0.25, -0.2) is 0 Å². The van der Waals surface area contributed by atoms with Crippen LogP contribution in [0.15, 0.2) is 72.8 Å². The average Bonchev–Trinajstić information content (AvgIpc) is 2.85. The molecule has 6 heteroatoms. The van der Waals surface area contributed by atoms with Gasteiger partial charge in [-0.1, -0.05) is 30.3 Å². The first kappa shape index (κ1) is 21.7. The molecule has 1 amide bonds. The van der Waals surface area contributed by atoms with Gasteiger partial charge in [-0.3, -0.25) is 9.69 Å². The van der Waals surface area contributed by atoms with E-state index in [9.17, 15) is 4.79 Å². The Bertz CT molecular complexity index is 1030. The van der Waals surface area contributed by atoms with Gasteiger partial charge in [0, 0.05) is 49.7 Å². The van der Waals surface area contributed by atoms with Crippen LogP contribution in [-0.4, -0.2) is 51.2 Å². The SMILES string of the molecule is COc1ccc(C(=O)Nc2ccc(N3CCN(Cc4ccccc4)CC3)cc2)cc1OC. The first-order chi connectivity index (χ1) is 15.7. The van der Waals surface area contributed by atoms with Crippen molar-refractivity contribution in [2.24, 2.45) is 0 Å². The molecule has 1 N–H and O–H groups in total. The highest BCUT2D eigenvalue weighted by Crippen LogP contribution is 2.28. The second kappa shape index (κ2) is 10.2. The van der Waals surface area contributed by atoms with Crippen LogP contribution >= 0.6 is 0 Å². The number of nitrogens with one attached hydrogen (secondary N) is 1. The number of methoxy groups -OCH3 is 2. The fraction of sp³-hybridized carbons (Fsp3) is 0.269. The molecule has 0 atom stereocenters. The maximum atomic E-state index is 12.6. The van der Waals surface area contributed by atoms with Gasteiger partial charge in [0.25, 0.3) is 5.91 Å². The van der Waals surface area contributed by atoms with E-state index in [1.165, 1.54) is 11.3 Å². The molecule has 4 rings (SSSR count). The molecule has 1 saturated heterocycles. The number of benzene rings is 3. The first-order valence-corrected chi connectivity index (χ1v) is 10.8. The third-order valence-corrected chi connectivity index (χ3v) is 5.76. The standard InChI is InChI=1S/C26H29N3O3/c1-31-24-13-8-21(18-25(24)32-2)26(30)27-22-9-11-23(12-10-22)29-16-14-28(15-17-29)19-20-6-4-3-5-7-20/h3-13,18H,14-17,19H2,1-2H3,(H,27,30). The summed E-state index contributed by atoms with van der Waals surface area (Å²) in [7, 11) is 3.13. The van der Waals surface area contributed by atoms with Crippen molar-refractivity contribution in [1.29, 1.82) is 0 Å². The number of hydrogen-bond donors (Lipinski definition) is 1. The highest BCUT2D eigenvalue weighted by molar-refractivity contribution is 6.04. The van der Waals surface area contributed by atoms with E-state index < -0.39 is 0 Å². The van der Waals surface area contributed by atoms with Crippen LogP contribution in [0, 0.1) is 0 Å². The van der Waals surface area contributed by atoms with Gasteiger partial charge in [-0.2, -0.15) is 0 Å². The average molecular weight is 432 g/mol. The van der Waals surface area contributed by atoms with E-state index in [0.29, 0.717) is 17.1 Å². The van der Waals surface area contributed by atoms with Gasteiger partial charge in [0.05, 0.1) is 14.2 Å². The maximum absolute atomic E-state index is 12.6. The summed E-state index contributed by atoms with van der Waals surface area (Å²) >= 11 is 0. The first-order valence-electron chi connectivity index (χ1n) is 10.8. The third kappa shape index (κ3) is 5.21. The van der Waals surface area contributed by atoms with E-state index in [1.807, 2.05) is 12.1 Å². The molecule has 32 heavy (non-hydrogen) atoms. The van der Waals surface area contributed by atoms with Gasteiger partial charge in [-0.05, 0) is 48.0 Å². The topological polar surface area (TPSA) is 54.0 Å². The molecule has 0 bridgehead atoms. The van der Waals surface area contributed by atoms with Crippen molar-refractivity contribution in [3.63, 3.8) is 0 Å². The lowest BCUT2D eigenvalue weighted by atomic mass is 10.1. The summed E-state index contributed by atoms with van der Waals surface area (Å²) in [4.78, 5) is 17.5. The fourth-order valence-electron chi connectivity index (χ4n) is 3.94. The number of rotatable bonds is 7. The molecule has 6 nitrogen and oxygen atoms in total. The van der Waals surface area contributed by atoms with E-state index in [4.69, 9.17) is 9.47 Å². The Morgan fingerprint density at radius 1 is 0.844 bits per heavy atom. The van der Waals surface area contributed by atoms with Crippen molar-refractivity contribution < 1.29 is 14.3 Å². The maximum Gasteiger partial charge on any atom is 0.255 e. The number of amides is 1. The number of carbonyl (C=O) groups is 1. The Kier molecular flexibility index (Phi) is 6.92. The lowest BCUT2D eigenvalue weighted by molar-refractivity contribution is 0.102. The summed E-state index contributed by atoms with van der Waals surface area (Å²) < 4.78 is 10.5. The number of piperazine rings is 1. The van der Waals surface area contributed by atoms with Crippen LogP contribution in [0.1, 0.15) is 15.9 Å². The van der Waals surface area contributed by atoms with Crippen molar-refractivity contribution in [3.8, 4) is 11.5 Å². The van der Waals surface area contributed by atoms with Crippen molar-refractivity contribution >= 4 is 17.3 Å². The largest absolute Gasteiger partial charge is 0.493 e. The number of nitrogens with zero attached hydrogens (tertiary/aromatic N) is 2. The van der Waals surface area contributed by atoms with Crippen LogP contribution in [-0.2, 0) is 6.54 Å². The van der Waals surface area contributed by atoms with Crippen molar-refractivity contribution in [2.75, 3.05) is 50.6 Å². The Morgan fingerprint density at radius 2 is 1.53 bits per heavy atom. The number of ether oxygens (including phenoxy) is 2. The minimum Gasteiger partial charge on any atom is -0.493 e. The summed E-state index contributed by atoms with van der Waals surface area (Å²) in [5.74, 6) is 0.937.